The first-order chi connectivity index (χ1) is 12.0. The molecule has 0 saturated heterocycles. The summed E-state index contributed by atoms with van der Waals surface area (Å²) in [6.07, 6.45) is 0.113. The number of benzene rings is 1. The summed E-state index contributed by atoms with van der Waals surface area (Å²) in [6.45, 7) is 7.98. The van der Waals surface area contributed by atoms with E-state index in [2.05, 4.69) is 26.0 Å². The Morgan fingerprint density at radius 2 is 1.96 bits per heavy atom. The van der Waals surface area contributed by atoms with Gasteiger partial charge >= 0.3 is 12.1 Å². The average Bonchev–Trinajstić information content (AvgIpc) is 2.53. The van der Waals surface area contributed by atoms with Crippen LogP contribution in [0.1, 0.15) is 44.5 Å². The number of amides is 1. The van der Waals surface area contributed by atoms with Crippen LogP contribution < -0.4 is 10.1 Å². The fourth-order valence-electron chi connectivity index (χ4n) is 1.96. The summed E-state index contributed by atoms with van der Waals surface area (Å²) in [5.41, 5.74) is -0.410. The fourth-order valence-corrected chi connectivity index (χ4v) is 2.30. The highest BCUT2D eigenvalue weighted by Crippen LogP contribution is 2.27. The Balaban J connectivity index is 2.53. The fraction of sp³-hybridized carbons (Fsp3) is 0.556. The van der Waals surface area contributed by atoms with Crippen LogP contribution in [0.3, 0.4) is 0 Å². The standard InChI is InChI=1S/C18H25BrFNO5/c1-11(10-21-17(23)26-18(2,3)4)6-7-25-15-9-14(20)13(19)8-12(15)16(22)24-5/h8-9,11H,6-7,10H2,1-5H3,(H,21,23). The molecule has 1 aromatic carbocycles. The highest BCUT2D eigenvalue weighted by atomic mass is 79.9. The highest BCUT2D eigenvalue weighted by molar-refractivity contribution is 9.10. The molecule has 1 unspecified atom stereocenters. The molecule has 0 fully saturated rings. The number of nitrogens with one attached hydrogen (secondary N) is 1. The van der Waals surface area contributed by atoms with Crippen molar-refractivity contribution in [1.82, 2.24) is 5.32 Å². The summed E-state index contributed by atoms with van der Waals surface area (Å²) >= 11 is 3.03. The highest BCUT2D eigenvalue weighted by Gasteiger charge is 2.18. The van der Waals surface area contributed by atoms with Crippen LogP contribution in [0.2, 0.25) is 0 Å². The van der Waals surface area contributed by atoms with Gasteiger partial charge in [0.15, 0.2) is 0 Å². The number of rotatable bonds is 7. The van der Waals surface area contributed by atoms with Crippen LogP contribution >= 0.6 is 15.9 Å². The van der Waals surface area contributed by atoms with Gasteiger partial charge < -0.3 is 19.5 Å². The van der Waals surface area contributed by atoms with Crippen molar-refractivity contribution < 1.29 is 28.2 Å². The second kappa shape index (κ2) is 9.75. The number of carbonyl (C=O) groups is 2. The van der Waals surface area contributed by atoms with Gasteiger partial charge in [0.1, 0.15) is 22.7 Å². The minimum atomic E-state index is -0.611. The van der Waals surface area contributed by atoms with Crippen molar-refractivity contribution in [2.45, 2.75) is 39.7 Å². The Bertz CT molecular complexity index is 645. The van der Waals surface area contributed by atoms with Gasteiger partial charge in [-0.2, -0.15) is 0 Å². The molecule has 0 aliphatic rings. The number of hydrogen-bond acceptors (Lipinski definition) is 5. The second-order valence-electron chi connectivity index (χ2n) is 6.88. The molecule has 0 heterocycles. The van der Waals surface area contributed by atoms with Gasteiger partial charge in [-0.25, -0.2) is 14.0 Å². The first-order valence-corrected chi connectivity index (χ1v) is 8.99. The molecule has 0 saturated carbocycles. The number of ether oxygens (including phenoxy) is 3. The monoisotopic (exact) mass is 433 g/mol. The Hall–Kier alpha value is -1.83. The smallest absolute Gasteiger partial charge is 0.407 e. The van der Waals surface area contributed by atoms with E-state index in [1.807, 2.05) is 6.92 Å². The lowest BCUT2D eigenvalue weighted by Crippen LogP contribution is -2.35. The molecule has 0 aliphatic carbocycles. The van der Waals surface area contributed by atoms with E-state index in [0.29, 0.717) is 13.0 Å². The van der Waals surface area contributed by atoms with E-state index in [1.165, 1.54) is 13.2 Å². The van der Waals surface area contributed by atoms with Gasteiger partial charge in [-0.15, -0.1) is 0 Å². The van der Waals surface area contributed by atoms with Gasteiger partial charge in [-0.3, -0.25) is 0 Å². The molecule has 26 heavy (non-hydrogen) atoms. The van der Waals surface area contributed by atoms with Crippen LogP contribution in [-0.4, -0.2) is 37.9 Å². The van der Waals surface area contributed by atoms with Gasteiger partial charge in [0.2, 0.25) is 0 Å². The molecule has 0 aliphatic heterocycles. The van der Waals surface area contributed by atoms with Gasteiger partial charge in [-0.05, 0) is 55.1 Å². The Morgan fingerprint density at radius 3 is 2.54 bits per heavy atom. The van der Waals surface area contributed by atoms with Crippen molar-refractivity contribution in [3.05, 3.63) is 28.0 Å². The first kappa shape index (κ1) is 22.2. The summed E-state index contributed by atoms with van der Waals surface area (Å²) in [4.78, 5) is 23.4. The zero-order chi connectivity index (χ0) is 19.9. The molecule has 146 valence electrons. The third kappa shape index (κ3) is 7.59. The van der Waals surface area contributed by atoms with Gasteiger partial charge in [-0.1, -0.05) is 6.92 Å². The summed E-state index contributed by atoms with van der Waals surface area (Å²) in [5, 5.41) is 2.69. The first-order valence-electron chi connectivity index (χ1n) is 8.20. The Morgan fingerprint density at radius 1 is 1.31 bits per heavy atom. The van der Waals surface area contributed by atoms with Crippen molar-refractivity contribution in [2.24, 2.45) is 5.92 Å². The van der Waals surface area contributed by atoms with Crippen molar-refractivity contribution in [3.63, 3.8) is 0 Å². The maximum atomic E-state index is 13.7. The zero-order valence-electron chi connectivity index (χ0n) is 15.7. The predicted molar refractivity (Wildman–Crippen MR) is 99.0 cm³/mol. The quantitative estimate of drug-likeness (QED) is 0.648. The molecule has 1 amide bonds. The predicted octanol–water partition coefficient (Wildman–Crippen LogP) is 4.30. The summed E-state index contributed by atoms with van der Waals surface area (Å²) in [6, 6.07) is 2.46. The van der Waals surface area contributed by atoms with Crippen LogP contribution in [0.25, 0.3) is 0 Å². The molecule has 0 radical (unpaired) electrons. The van der Waals surface area contributed by atoms with Gasteiger partial charge in [0.05, 0.1) is 18.2 Å². The largest absolute Gasteiger partial charge is 0.493 e. The molecule has 8 heteroatoms. The Kier molecular flexibility index (Phi) is 8.33. The summed E-state index contributed by atoms with van der Waals surface area (Å²) in [7, 11) is 1.24. The molecular formula is C18H25BrFNO5. The van der Waals surface area contributed by atoms with Crippen molar-refractivity contribution in [2.75, 3.05) is 20.3 Å². The second-order valence-corrected chi connectivity index (χ2v) is 7.73. The molecule has 1 rings (SSSR count). The lowest BCUT2D eigenvalue weighted by atomic mass is 10.1. The molecule has 6 nitrogen and oxygen atoms in total. The van der Waals surface area contributed by atoms with Gasteiger partial charge in [0.25, 0.3) is 0 Å². The molecule has 1 N–H and O–H groups in total. The zero-order valence-corrected chi connectivity index (χ0v) is 17.2. The minimum absolute atomic E-state index is 0.101. The molecular weight excluding hydrogens is 409 g/mol. The summed E-state index contributed by atoms with van der Waals surface area (Å²) < 4.78 is 29.3. The maximum absolute atomic E-state index is 13.7. The van der Waals surface area contributed by atoms with E-state index in [1.54, 1.807) is 20.8 Å². The molecule has 1 aromatic rings. The molecule has 1 atom stereocenters. The van der Waals surface area contributed by atoms with Crippen LogP contribution in [0.15, 0.2) is 16.6 Å². The van der Waals surface area contributed by atoms with Crippen LogP contribution in [0, 0.1) is 11.7 Å². The number of esters is 1. The van der Waals surface area contributed by atoms with E-state index < -0.39 is 23.5 Å². The van der Waals surface area contributed by atoms with E-state index in [9.17, 15) is 14.0 Å². The van der Waals surface area contributed by atoms with Crippen molar-refractivity contribution >= 4 is 28.0 Å². The van der Waals surface area contributed by atoms with E-state index in [4.69, 9.17) is 9.47 Å². The lowest BCUT2D eigenvalue weighted by Gasteiger charge is -2.21. The van der Waals surface area contributed by atoms with Crippen molar-refractivity contribution in [1.29, 1.82) is 0 Å². The van der Waals surface area contributed by atoms with E-state index in [-0.39, 0.29) is 28.3 Å². The normalized spacial score (nSPS) is 12.3. The third-order valence-corrected chi connectivity index (χ3v) is 3.90. The number of methoxy groups -OCH3 is 1. The summed E-state index contributed by atoms with van der Waals surface area (Å²) in [5.74, 6) is -0.929. The number of carbonyl (C=O) groups excluding carboxylic acids is 2. The maximum Gasteiger partial charge on any atom is 0.407 e. The molecule has 0 spiro atoms. The van der Waals surface area contributed by atoms with Crippen LogP contribution in [0.5, 0.6) is 5.75 Å². The number of hydrogen-bond donors (Lipinski definition) is 1. The SMILES string of the molecule is COC(=O)c1cc(Br)c(F)cc1OCCC(C)CNC(=O)OC(C)(C)C. The molecule has 0 bridgehead atoms. The average molecular weight is 434 g/mol. The van der Waals surface area contributed by atoms with Crippen molar-refractivity contribution in [3.8, 4) is 5.75 Å². The minimum Gasteiger partial charge on any atom is -0.493 e. The van der Waals surface area contributed by atoms with E-state index in [0.717, 1.165) is 6.07 Å². The number of alkyl carbamates (subject to hydrolysis) is 1. The Labute approximate surface area is 161 Å². The number of halogens is 2. The van der Waals surface area contributed by atoms with E-state index >= 15 is 0 Å². The van der Waals surface area contributed by atoms with Crippen LogP contribution in [-0.2, 0) is 9.47 Å². The topological polar surface area (TPSA) is 73.9 Å². The lowest BCUT2D eigenvalue weighted by molar-refractivity contribution is 0.0516. The third-order valence-electron chi connectivity index (χ3n) is 3.29. The molecule has 0 aromatic heterocycles. The van der Waals surface area contributed by atoms with Crippen LogP contribution in [0.4, 0.5) is 9.18 Å². The van der Waals surface area contributed by atoms with Gasteiger partial charge in [0, 0.05) is 12.6 Å².